The van der Waals surface area contributed by atoms with Gasteiger partial charge in [-0.2, -0.15) is 0 Å². The fraction of sp³-hybridized carbons (Fsp3) is 0.462. The van der Waals surface area contributed by atoms with Gasteiger partial charge in [-0.15, -0.1) is 0 Å². The Morgan fingerprint density at radius 3 is 2.17 bits per heavy atom. The van der Waals surface area contributed by atoms with Crippen molar-refractivity contribution in [2.24, 2.45) is 0 Å². The predicted octanol–water partition coefficient (Wildman–Crippen LogP) is 3.49. The minimum absolute atomic E-state index is 0.193. The van der Waals surface area contributed by atoms with E-state index in [-0.39, 0.29) is 12.5 Å². The molecular formula is C26H37N3O5S. The van der Waals surface area contributed by atoms with Gasteiger partial charge in [0.2, 0.25) is 21.8 Å². The van der Waals surface area contributed by atoms with E-state index in [4.69, 9.17) is 4.74 Å². The molecule has 0 aliphatic rings. The fourth-order valence-electron chi connectivity index (χ4n) is 3.68. The molecule has 0 aliphatic heterocycles. The molecule has 1 atom stereocenters. The maximum atomic E-state index is 13.6. The number of unbranched alkanes of at least 4 members (excludes halogenated alkanes) is 1. The molecule has 0 saturated heterocycles. The van der Waals surface area contributed by atoms with E-state index >= 15 is 0 Å². The number of nitrogens with one attached hydrogen (secondary N) is 1. The number of rotatable bonds is 13. The second-order valence-corrected chi connectivity index (χ2v) is 10.5. The molecular weight excluding hydrogens is 466 g/mol. The van der Waals surface area contributed by atoms with Crippen LogP contribution in [0.3, 0.4) is 0 Å². The predicted molar refractivity (Wildman–Crippen MR) is 139 cm³/mol. The smallest absolute Gasteiger partial charge is 0.244 e. The number of amides is 2. The number of carbonyl (C=O) groups excluding carboxylic acids is 2. The van der Waals surface area contributed by atoms with Crippen LogP contribution in [0.25, 0.3) is 0 Å². The van der Waals surface area contributed by atoms with Crippen molar-refractivity contribution in [3.8, 4) is 5.75 Å². The van der Waals surface area contributed by atoms with Crippen LogP contribution in [0, 0.1) is 6.92 Å². The summed E-state index contributed by atoms with van der Waals surface area (Å²) in [4.78, 5) is 28.1. The summed E-state index contributed by atoms with van der Waals surface area (Å²) in [7, 11) is -2.25. The van der Waals surface area contributed by atoms with Gasteiger partial charge in [-0.1, -0.05) is 50.1 Å². The largest absolute Gasteiger partial charge is 0.497 e. The average molecular weight is 504 g/mol. The number of anilines is 1. The molecule has 0 aliphatic carbocycles. The molecule has 2 aromatic rings. The highest BCUT2D eigenvalue weighted by Gasteiger charge is 2.31. The molecule has 1 unspecified atom stereocenters. The average Bonchev–Trinajstić information content (AvgIpc) is 2.83. The van der Waals surface area contributed by atoms with E-state index in [9.17, 15) is 18.0 Å². The van der Waals surface area contributed by atoms with E-state index < -0.39 is 28.5 Å². The Hall–Kier alpha value is -3.07. The second-order valence-electron chi connectivity index (χ2n) is 8.54. The molecule has 192 valence electrons. The number of sulfonamides is 1. The highest BCUT2D eigenvalue weighted by Crippen LogP contribution is 2.22. The maximum absolute atomic E-state index is 13.6. The molecule has 2 amide bonds. The summed E-state index contributed by atoms with van der Waals surface area (Å²) >= 11 is 0. The molecule has 8 nitrogen and oxygen atoms in total. The minimum Gasteiger partial charge on any atom is -0.497 e. The van der Waals surface area contributed by atoms with Crippen molar-refractivity contribution in [3.63, 3.8) is 0 Å². The van der Waals surface area contributed by atoms with E-state index in [1.807, 2.05) is 45.0 Å². The van der Waals surface area contributed by atoms with Gasteiger partial charge < -0.3 is 15.0 Å². The third-order valence-electron chi connectivity index (χ3n) is 5.73. The Balaban J connectivity index is 2.38. The van der Waals surface area contributed by atoms with Crippen molar-refractivity contribution in [1.29, 1.82) is 0 Å². The first-order chi connectivity index (χ1) is 16.6. The van der Waals surface area contributed by atoms with E-state index in [1.54, 1.807) is 24.3 Å². The summed E-state index contributed by atoms with van der Waals surface area (Å²) in [5, 5.41) is 2.91. The van der Waals surface area contributed by atoms with Crippen LogP contribution < -0.4 is 14.4 Å². The number of hydrogen-bond donors (Lipinski definition) is 1. The van der Waals surface area contributed by atoms with Gasteiger partial charge in [0.15, 0.2) is 0 Å². The summed E-state index contributed by atoms with van der Waals surface area (Å²) in [6, 6.07) is 13.4. The number of methoxy groups -OCH3 is 1. The first kappa shape index (κ1) is 28.2. The van der Waals surface area contributed by atoms with Crippen molar-refractivity contribution in [1.82, 2.24) is 10.2 Å². The lowest BCUT2D eigenvalue weighted by atomic mass is 10.1. The van der Waals surface area contributed by atoms with Crippen LogP contribution in [0.2, 0.25) is 0 Å². The van der Waals surface area contributed by atoms with E-state index in [0.717, 1.165) is 34.5 Å². The molecule has 35 heavy (non-hydrogen) atoms. The molecule has 0 spiro atoms. The minimum atomic E-state index is -3.77. The molecule has 0 heterocycles. The lowest BCUT2D eigenvalue weighted by Crippen LogP contribution is -2.52. The Kier molecular flexibility index (Phi) is 10.6. The van der Waals surface area contributed by atoms with Gasteiger partial charge in [0.05, 0.1) is 19.1 Å². The normalized spacial score (nSPS) is 12.0. The summed E-state index contributed by atoms with van der Waals surface area (Å²) < 4.78 is 31.5. The van der Waals surface area contributed by atoms with Crippen LogP contribution in [0.15, 0.2) is 48.5 Å². The van der Waals surface area contributed by atoms with Crippen LogP contribution in [0.4, 0.5) is 5.69 Å². The molecule has 0 bridgehead atoms. The van der Waals surface area contributed by atoms with Gasteiger partial charge in [-0.05, 0) is 49.6 Å². The van der Waals surface area contributed by atoms with Crippen LogP contribution in [0.5, 0.6) is 5.75 Å². The van der Waals surface area contributed by atoms with Crippen LogP contribution in [-0.2, 0) is 26.2 Å². The zero-order valence-electron chi connectivity index (χ0n) is 21.3. The van der Waals surface area contributed by atoms with Crippen LogP contribution in [0.1, 0.15) is 44.2 Å². The van der Waals surface area contributed by atoms with Crippen molar-refractivity contribution >= 4 is 27.5 Å². The van der Waals surface area contributed by atoms with E-state index in [1.165, 1.54) is 12.0 Å². The molecule has 0 saturated carbocycles. The van der Waals surface area contributed by atoms with Crippen LogP contribution >= 0.6 is 0 Å². The van der Waals surface area contributed by atoms with Gasteiger partial charge in [0, 0.05) is 13.1 Å². The molecule has 0 radical (unpaired) electrons. The molecule has 9 heteroatoms. The zero-order chi connectivity index (χ0) is 26.0. The highest BCUT2D eigenvalue weighted by atomic mass is 32.2. The first-order valence-corrected chi connectivity index (χ1v) is 13.7. The number of carbonyl (C=O) groups is 2. The van der Waals surface area contributed by atoms with Gasteiger partial charge in [0.1, 0.15) is 18.3 Å². The highest BCUT2D eigenvalue weighted by molar-refractivity contribution is 7.92. The Labute approximate surface area is 209 Å². The second kappa shape index (κ2) is 13.1. The monoisotopic (exact) mass is 503 g/mol. The summed E-state index contributed by atoms with van der Waals surface area (Å²) in [6.45, 7) is 6.16. The summed E-state index contributed by atoms with van der Waals surface area (Å²) in [5.41, 5.74) is 2.29. The van der Waals surface area contributed by atoms with Crippen molar-refractivity contribution in [2.45, 2.75) is 52.6 Å². The lowest BCUT2D eigenvalue weighted by Gasteiger charge is -2.33. The Bertz CT molecular complexity index is 1070. The van der Waals surface area contributed by atoms with Crippen molar-refractivity contribution < 1.29 is 22.7 Å². The third kappa shape index (κ3) is 8.28. The lowest BCUT2D eigenvalue weighted by molar-refractivity contribution is -0.140. The maximum Gasteiger partial charge on any atom is 0.244 e. The summed E-state index contributed by atoms with van der Waals surface area (Å²) in [6.07, 6.45) is 3.24. The fourth-order valence-corrected chi connectivity index (χ4v) is 4.53. The standard InChI is InChI=1S/C26H37N3O5S/c1-6-8-17-27-26(31)24(7-2)28(18-21-11-9-20(3)10-12-21)25(30)19-29(35(5,32)33)22-13-15-23(34-4)16-14-22/h9-16,24H,6-8,17-19H2,1-5H3,(H,27,31). The number of nitrogens with zero attached hydrogens (tertiary/aromatic N) is 2. The number of aryl methyl sites for hydroxylation is 1. The van der Waals surface area contributed by atoms with Gasteiger partial charge in [0.25, 0.3) is 0 Å². The van der Waals surface area contributed by atoms with E-state index in [0.29, 0.717) is 24.4 Å². The van der Waals surface area contributed by atoms with E-state index in [2.05, 4.69) is 5.32 Å². The van der Waals surface area contributed by atoms with Crippen LogP contribution in [-0.4, -0.2) is 57.6 Å². The number of ether oxygens (including phenoxy) is 1. The first-order valence-electron chi connectivity index (χ1n) is 11.8. The van der Waals surface area contributed by atoms with Gasteiger partial charge in [-0.25, -0.2) is 8.42 Å². The summed E-state index contributed by atoms with van der Waals surface area (Å²) in [5.74, 6) is -0.120. The van der Waals surface area contributed by atoms with Gasteiger partial charge >= 0.3 is 0 Å². The van der Waals surface area contributed by atoms with Crippen molar-refractivity contribution in [3.05, 3.63) is 59.7 Å². The molecule has 2 rings (SSSR count). The molecule has 0 fully saturated rings. The Morgan fingerprint density at radius 2 is 1.66 bits per heavy atom. The zero-order valence-corrected chi connectivity index (χ0v) is 22.1. The number of hydrogen-bond acceptors (Lipinski definition) is 5. The SMILES string of the molecule is CCCCNC(=O)C(CC)N(Cc1ccc(C)cc1)C(=O)CN(c1ccc(OC)cc1)S(C)(=O)=O. The quantitative estimate of drug-likeness (QED) is 0.422. The van der Waals surface area contributed by atoms with Crippen molar-refractivity contribution in [2.75, 3.05) is 30.8 Å². The molecule has 1 N–H and O–H groups in total. The molecule has 2 aromatic carbocycles. The van der Waals surface area contributed by atoms with Gasteiger partial charge in [-0.3, -0.25) is 13.9 Å². The topological polar surface area (TPSA) is 96.0 Å². The Morgan fingerprint density at radius 1 is 1.03 bits per heavy atom. The molecule has 0 aromatic heterocycles. The third-order valence-corrected chi connectivity index (χ3v) is 6.87. The number of benzene rings is 2.